The van der Waals surface area contributed by atoms with Crippen molar-refractivity contribution in [1.82, 2.24) is 9.97 Å². The number of nitrogens with zero attached hydrogens (tertiary/aromatic N) is 5. The second kappa shape index (κ2) is 19.8. The highest BCUT2D eigenvalue weighted by Gasteiger charge is 2.30. The van der Waals surface area contributed by atoms with E-state index in [-0.39, 0.29) is 10.3 Å². The molecule has 0 spiro atoms. The molecule has 0 saturated heterocycles. The van der Waals surface area contributed by atoms with Gasteiger partial charge in [-0.05, 0) is 117 Å². The molecular formula is C40H41Br2Cl2N5O6S5. The first-order chi connectivity index (χ1) is 28.0. The van der Waals surface area contributed by atoms with Gasteiger partial charge in [-0.25, -0.2) is 19.6 Å². The van der Waals surface area contributed by atoms with Crippen molar-refractivity contribution >= 4 is 168 Å². The molecule has 0 aliphatic rings. The van der Waals surface area contributed by atoms with Crippen LogP contribution in [0, 0.1) is 0 Å². The second-order valence-electron chi connectivity index (χ2n) is 15.8. The summed E-state index contributed by atoms with van der Waals surface area (Å²) in [7, 11) is 0. The van der Waals surface area contributed by atoms with Gasteiger partial charge in [0.05, 0.1) is 69.8 Å². The van der Waals surface area contributed by atoms with Crippen LogP contribution in [0.25, 0.3) is 20.4 Å². The lowest BCUT2D eigenvalue weighted by Crippen LogP contribution is -2.36. The molecule has 6 heterocycles. The number of carbonyl (C=O) groups excluding carboxylic acids is 3. The van der Waals surface area contributed by atoms with E-state index in [1.165, 1.54) is 27.6 Å². The number of fused-ring (bicyclic) bond motifs is 2. The van der Waals surface area contributed by atoms with Crippen LogP contribution in [0.15, 0.2) is 60.5 Å². The summed E-state index contributed by atoms with van der Waals surface area (Å²) >= 11 is 23.9. The lowest BCUT2D eigenvalue weighted by Gasteiger charge is -2.27. The maximum atomic E-state index is 13.2. The van der Waals surface area contributed by atoms with E-state index in [9.17, 15) is 18.9 Å². The molecule has 6 rings (SSSR count). The lowest BCUT2D eigenvalue weighted by molar-refractivity contribution is 0.0567. The normalized spacial score (nSPS) is 12.7. The predicted octanol–water partition coefficient (Wildman–Crippen LogP) is 14.1. The number of ether oxygens (including phenoxy) is 2. The van der Waals surface area contributed by atoms with Crippen LogP contribution < -0.4 is 9.80 Å². The molecule has 0 unspecified atom stereocenters. The number of halogens is 4. The van der Waals surface area contributed by atoms with Crippen LogP contribution in [0.1, 0.15) is 86.6 Å². The third-order valence-corrected chi connectivity index (χ3v) is 15.5. The van der Waals surface area contributed by atoms with Gasteiger partial charge >= 0.3 is 12.2 Å². The van der Waals surface area contributed by atoms with Crippen LogP contribution in [0.2, 0.25) is 10.3 Å². The van der Waals surface area contributed by atoms with E-state index in [0.29, 0.717) is 54.0 Å². The van der Waals surface area contributed by atoms with E-state index < -0.39 is 39.5 Å². The van der Waals surface area contributed by atoms with Gasteiger partial charge in [-0.1, -0.05) is 39.7 Å². The first kappa shape index (κ1) is 48.4. The van der Waals surface area contributed by atoms with Gasteiger partial charge in [0.15, 0.2) is 6.29 Å². The van der Waals surface area contributed by atoms with Gasteiger partial charge < -0.3 is 14.0 Å². The van der Waals surface area contributed by atoms with Gasteiger partial charge in [0, 0.05) is 21.9 Å². The number of aromatic nitrogens is 2. The van der Waals surface area contributed by atoms with Crippen molar-refractivity contribution in [3.63, 3.8) is 0 Å². The number of rotatable bonds is 9. The van der Waals surface area contributed by atoms with E-state index in [1.807, 2.05) is 97.3 Å². The number of hydrogen-bond donors (Lipinski definition) is 0. The highest BCUT2D eigenvalue weighted by molar-refractivity contribution is 9.11. The average molecular weight is 1080 g/mol. The Morgan fingerprint density at radius 3 is 1.57 bits per heavy atom. The Hall–Kier alpha value is -2.65. The minimum absolute atomic E-state index is 0.230. The molecule has 0 fully saturated rings. The minimum Gasteiger partial charge on any atom is -0.591 e. The fraction of sp³-hybridized carbons (Fsp3) is 0.350. The Labute approximate surface area is 394 Å². The van der Waals surface area contributed by atoms with Gasteiger partial charge in [-0.2, -0.15) is 0 Å². The Balaban J connectivity index is 0.000000232. The Bertz CT molecular complexity index is 2510. The van der Waals surface area contributed by atoms with Crippen LogP contribution >= 0.6 is 100 Å². The number of aldehydes is 1. The summed E-state index contributed by atoms with van der Waals surface area (Å²) in [6.45, 7) is 17.2. The van der Waals surface area contributed by atoms with E-state index in [4.69, 9.17) is 32.7 Å². The summed E-state index contributed by atoms with van der Waals surface area (Å²) in [5.41, 5.74) is 0.993. The molecule has 0 aliphatic heterocycles. The zero-order valence-corrected chi connectivity index (χ0v) is 42.7. The molecule has 11 nitrogen and oxygen atoms in total. The van der Waals surface area contributed by atoms with Gasteiger partial charge in [0.2, 0.25) is 0 Å². The standard InChI is InChI=1S/C22H25BrClN3O3S3.C18H16BrClN2O3S2/c1-21(2,3)30-20(28)27(12-13-8-7-9-31-13)14-10-16(24)26-18-17(23)15(32-19(14)18)11-25-33(29)22(4,5)6;1-18(2,3)25-17(24)22(8-10-5-4-6-26-10)11-7-13(20)21-15-14(19)12(9-23)27-16(11)15/h7-11H,12H2,1-6H3;4-7,9H,8H2,1-3H3/b25-11+;/t33-;/m1./s1. The monoisotopic (exact) mass is 1070 g/mol. The molecule has 60 heavy (non-hydrogen) atoms. The summed E-state index contributed by atoms with van der Waals surface area (Å²) in [4.78, 5) is 52.7. The fourth-order valence-electron chi connectivity index (χ4n) is 5.08. The van der Waals surface area contributed by atoms with E-state index in [0.717, 1.165) is 25.6 Å². The molecule has 320 valence electrons. The van der Waals surface area contributed by atoms with Gasteiger partial charge in [-0.15, -0.1) is 45.3 Å². The third kappa shape index (κ3) is 12.5. The van der Waals surface area contributed by atoms with Crippen molar-refractivity contribution in [3.8, 4) is 0 Å². The molecule has 0 radical (unpaired) electrons. The van der Waals surface area contributed by atoms with Crippen LogP contribution in [0.4, 0.5) is 21.0 Å². The van der Waals surface area contributed by atoms with Crippen molar-refractivity contribution in [3.05, 3.63) is 85.9 Å². The number of hydrogen-bond acceptors (Lipinski definition) is 13. The average Bonchev–Trinajstić information content (AvgIpc) is 3.96. The molecule has 0 aromatic carbocycles. The summed E-state index contributed by atoms with van der Waals surface area (Å²) in [5, 5.41) is 4.39. The third-order valence-electron chi connectivity index (χ3n) is 7.61. The number of pyridine rings is 2. The number of anilines is 2. The minimum atomic E-state index is -1.40. The molecule has 20 heteroatoms. The van der Waals surface area contributed by atoms with Gasteiger partial charge in [0.25, 0.3) is 0 Å². The molecule has 0 N–H and O–H groups in total. The van der Waals surface area contributed by atoms with Crippen molar-refractivity contribution in [1.29, 1.82) is 0 Å². The molecule has 2 amide bonds. The smallest absolute Gasteiger partial charge is 0.415 e. The largest absolute Gasteiger partial charge is 0.591 e. The van der Waals surface area contributed by atoms with Crippen molar-refractivity contribution in [2.24, 2.45) is 4.40 Å². The topological polar surface area (TPSA) is 137 Å². The molecular weight excluding hydrogens is 1040 g/mol. The van der Waals surface area contributed by atoms with Gasteiger partial charge in [-0.3, -0.25) is 14.6 Å². The van der Waals surface area contributed by atoms with E-state index >= 15 is 0 Å². The first-order valence-electron chi connectivity index (χ1n) is 18.0. The molecule has 6 aromatic rings. The van der Waals surface area contributed by atoms with E-state index in [1.54, 1.807) is 45.9 Å². The fourth-order valence-corrected chi connectivity index (χ4v) is 10.9. The summed E-state index contributed by atoms with van der Waals surface area (Å²) < 4.78 is 30.1. The highest BCUT2D eigenvalue weighted by Crippen LogP contribution is 2.43. The predicted molar refractivity (Wildman–Crippen MR) is 259 cm³/mol. The summed E-state index contributed by atoms with van der Waals surface area (Å²) in [6, 6.07) is 11.1. The van der Waals surface area contributed by atoms with Crippen LogP contribution in [-0.2, 0) is 33.9 Å². The van der Waals surface area contributed by atoms with Crippen LogP contribution in [-0.4, -0.2) is 55.2 Å². The van der Waals surface area contributed by atoms with Crippen molar-refractivity contribution in [2.45, 2.75) is 91.4 Å². The maximum absolute atomic E-state index is 13.2. The maximum Gasteiger partial charge on any atom is 0.415 e. The SMILES string of the molecule is CC(C)(C)OC(=O)N(Cc1cccs1)c1cc(Cl)nc2c(Br)c(/C=N/[S@+]([O-])C(C)(C)C)sc12.CC(C)(C)OC(=O)N(Cc1cccs1)c1cc(Cl)nc2c(Br)c(C=O)sc12. The zero-order valence-electron chi connectivity index (χ0n) is 33.9. The number of carbonyl (C=O) groups is 3. The summed E-state index contributed by atoms with van der Waals surface area (Å²) in [6.07, 6.45) is 1.36. The van der Waals surface area contributed by atoms with Crippen molar-refractivity contribution in [2.75, 3.05) is 9.80 Å². The molecule has 0 aliphatic carbocycles. The van der Waals surface area contributed by atoms with Gasteiger partial charge in [0.1, 0.15) is 37.6 Å². The second-order valence-corrected chi connectivity index (χ2v) is 24.3. The van der Waals surface area contributed by atoms with E-state index in [2.05, 4.69) is 46.2 Å². The Morgan fingerprint density at radius 1 is 0.783 bits per heavy atom. The lowest BCUT2D eigenvalue weighted by atomic mass is 10.2. The Morgan fingerprint density at radius 2 is 1.20 bits per heavy atom. The Kier molecular flexibility index (Phi) is 16.0. The van der Waals surface area contributed by atoms with Crippen LogP contribution in [0.5, 0.6) is 0 Å². The zero-order chi connectivity index (χ0) is 44.3. The highest BCUT2D eigenvalue weighted by atomic mass is 79.9. The van der Waals surface area contributed by atoms with Crippen LogP contribution in [0.3, 0.4) is 0 Å². The molecule has 1 atom stereocenters. The molecule has 0 saturated carbocycles. The number of thiophene rings is 4. The summed E-state index contributed by atoms with van der Waals surface area (Å²) in [5.74, 6) is 0. The van der Waals surface area contributed by atoms with Crippen molar-refractivity contribution < 1.29 is 28.4 Å². The number of amides is 2. The quantitative estimate of drug-likeness (QED) is 0.0604. The molecule has 0 bridgehead atoms. The molecule has 6 aromatic heterocycles. The first-order valence-corrected chi connectivity index (χ1v) is 24.8.